The number of hydrogen-bond acceptors (Lipinski definition) is 6. The molecule has 0 heterocycles. The lowest BCUT2D eigenvalue weighted by atomic mass is 10.2. The van der Waals surface area contributed by atoms with Gasteiger partial charge in [-0.05, 0) is 45.6 Å². The van der Waals surface area contributed by atoms with E-state index in [9.17, 15) is 18.5 Å². The topological polar surface area (TPSA) is 119 Å². The van der Waals surface area contributed by atoms with E-state index in [4.69, 9.17) is 5.73 Å². The van der Waals surface area contributed by atoms with E-state index in [1.54, 1.807) is 6.92 Å². The number of rotatable bonds is 7. The summed E-state index contributed by atoms with van der Waals surface area (Å²) < 4.78 is 26.8. The van der Waals surface area contributed by atoms with Crippen LogP contribution in [0.15, 0.2) is 17.0 Å². The van der Waals surface area contributed by atoms with Crippen molar-refractivity contribution in [3.8, 4) is 0 Å². The molecular formula is C12H20N4O4S. The molecule has 1 rings (SSSR count). The molecule has 0 saturated carbocycles. The quantitative estimate of drug-likeness (QED) is 0.331. The van der Waals surface area contributed by atoms with E-state index in [-0.39, 0.29) is 17.1 Å². The van der Waals surface area contributed by atoms with Crippen molar-refractivity contribution in [2.75, 3.05) is 32.9 Å². The highest BCUT2D eigenvalue weighted by Crippen LogP contribution is 2.28. The van der Waals surface area contributed by atoms with Crippen molar-refractivity contribution in [3.05, 3.63) is 27.8 Å². The van der Waals surface area contributed by atoms with E-state index in [0.29, 0.717) is 12.0 Å². The number of nitro benzene ring substituents is 1. The van der Waals surface area contributed by atoms with Crippen molar-refractivity contribution in [1.82, 2.24) is 9.62 Å². The molecule has 1 aromatic carbocycles. The van der Waals surface area contributed by atoms with Crippen LogP contribution in [0, 0.1) is 17.0 Å². The largest absolute Gasteiger partial charge is 0.393 e. The van der Waals surface area contributed by atoms with Crippen LogP contribution in [0.3, 0.4) is 0 Å². The average molecular weight is 316 g/mol. The smallest absolute Gasteiger partial charge is 0.293 e. The van der Waals surface area contributed by atoms with Crippen LogP contribution in [0.2, 0.25) is 0 Å². The van der Waals surface area contributed by atoms with Crippen LogP contribution in [0.4, 0.5) is 11.4 Å². The number of benzene rings is 1. The molecule has 21 heavy (non-hydrogen) atoms. The van der Waals surface area contributed by atoms with Gasteiger partial charge in [0.25, 0.3) is 5.69 Å². The van der Waals surface area contributed by atoms with Gasteiger partial charge in [0.1, 0.15) is 5.69 Å². The number of nitrogens with zero attached hydrogens (tertiary/aromatic N) is 2. The third-order valence-electron chi connectivity index (χ3n) is 2.88. The number of nitro groups is 1. The third kappa shape index (κ3) is 4.66. The summed E-state index contributed by atoms with van der Waals surface area (Å²) in [5, 5.41) is 10.9. The summed E-state index contributed by atoms with van der Waals surface area (Å²) in [6, 6.07) is 2.30. The lowest BCUT2D eigenvalue weighted by molar-refractivity contribution is -0.384. The molecule has 0 aliphatic rings. The van der Waals surface area contributed by atoms with Gasteiger partial charge in [-0.2, -0.15) is 0 Å². The van der Waals surface area contributed by atoms with Gasteiger partial charge in [-0.15, -0.1) is 0 Å². The highest BCUT2D eigenvalue weighted by Gasteiger charge is 2.22. The van der Waals surface area contributed by atoms with Gasteiger partial charge in [0.15, 0.2) is 0 Å². The molecule has 9 heteroatoms. The number of aryl methyl sites for hydroxylation is 1. The van der Waals surface area contributed by atoms with Crippen molar-refractivity contribution >= 4 is 21.4 Å². The third-order valence-corrected chi connectivity index (χ3v) is 4.49. The fraction of sp³-hybridized carbons (Fsp3) is 0.500. The highest BCUT2D eigenvalue weighted by molar-refractivity contribution is 7.89. The first-order chi connectivity index (χ1) is 9.65. The fourth-order valence-corrected chi connectivity index (χ4v) is 3.15. The molecule has 8 nitrogen and oxygen atoms in total. The molecule has 0 unspecified atom stereocenters. The van der Waals surface area contributed by atoms with Crippen LogP contribution in [0.25, 0.3) is 0 Å². The molecule has 1 aromatic rings. The van der Waals surface area contributed by atoms with Crippen molar-refractivity contribution in [2.45, 2.75) is 18.2 Å². The minimum absolute atomic E-state index is 0.0518. The zero-order valence-electron chi connectivity index (χ0n) is 12.3. The molecule has 118 valence electrons. The van der Waals surface area contributed by atoms with Crippen LogP contribution in [-0.2, 0) is 10.0 Å². The first-order valence-corrected chi connectivity index (χ1v) is 7.82. The number of sulfonamides is 1. The van der Waals surface area contributed by atoms with Gasteiger partial charge in [-0.25, -0.2) is 13.1 Å². The van der Waals surface area contributed by atoms with Gasteiger partial charge < -0.3 is 10.6 Å². The van der Waals surface area contributed by atoms with Gasteiger partial charge >= 0.3 is 0 Å². The SMILES string of the molecule is Cc1cc(N)c([N+](=O)[O-])cc1S(=O)(=O)NCCCN(C)C. The summed E-state index contributed by atoms with van der Waals surface area (Å²) in [5.41, 5.74) is 5.44. The molecular weight excluding hydrogens is 296 g/mol. The second kappa shape index (κ2) is 6.83. The summed E-state index contributed by atoms with van der Waals surface area (Å²) in [7, 11) is -0.00848. The average Bonchev–Trinajstić information content (AvgIpc) is 2.33. The molecule has 0 fully saturated rings. The van der Waals surface area contributed by atoms with Crippen LogP contribution < -0.4 is 10.5 Å². The second-order valence-corrected chi connectivity index (χ2v) is 6.72. The molecule has 0 aliphatic heterocycles. The van der Waals surface area contributed by atoms with Gasteiger partial charge in [0.2, 0.25) is 10.0 Å². The van der Waals surface area contributed by atoms with Gasteiger partial charge in [-0.3, -0.25) is 10.1 Å². The van der Waals surface area contributed by atoms with E-state index < -0.39 is 20.6 Å². The maximum absolute atomic E-state index is 12.2. The highest BCUT2D eigenvalue weighted by atomic mass is 32.2. The Labute approximate surface area is 124 Å². The maximum Gasteiger partial charge on any atom is 0.293 e. The van der Waals surface area contributed by atoms with E-state index in [2.05, 4.69) is 4.72 Å². The van der Waals surface area contributed by atoms with E-state index in [0.717, 1.165) is 12.6 Å². The Morgan fingerprint density at radius 3 is 2.52 bits per heavy atom. The van der Waals surface area contributed by atoms with Crippen LogP contribution >= 0.6 is 0 Å². The minimum Gasteiger partial charge on any atom is -0.393 e. The first kappa shape index (κ1) is 17.3. The van der Waals surface area contributed by atoms with Crippen LogP contribution in [0.5, 0.6) is 0 Å². The van der Waals surface area contributed by atoms with Gasteiger partial charge in [0, 0.05) is 12.6 Å². The lowest BCUT2D eigenvalue weighted by Gasteiger charge is -2.12. The Morgan fingerprint density at radius 1 is 1.38 bits per heavy atom. The Hall–Kier alpha value is -1.71. The predicted octanol–water partition coefficient (Wildman–Crippen LogP) is 0.715. The Kier molecular flexibility index (Phi) is 5.64. The molecule has 0 aliphatic carbocycles. The van der Waals surface area contributed by atoms with Crippen molar-refractivity contribution in [2.24, 2.45) is 0 Å². The number of hydrogen-bond donors (Lipinski definition) is 2. The lowest BCUT2D eigenvalue weighted by Crippen LogP contribution is -2.28. The molecule has 0 spiro atoms. The Bertz CT molecular complexity index is 628. The van der Waals surface area contributed by atoms with Crippen molar-refractivity contribution in [3.63, 3.8) is 0 Å². The number of anilines is 1. The maximum atomic E-state index is 12.2. The number of nitrogen functional groups attached to an aromatic ring is 1. The van der Waals surface area contributed by atoms with E-state index in [1.807, 2.05) is 19.0 Å². The number of nitrogens with two attached hydrogens (primary N) is 1. The van der Waals surface area contributed by atoms with Crippen LogP contribution in [0.1, 0.15) is 12.0 Å². The molecule has 0 amide bonds. The summed E-state index contributed by atoms with van der Waals surface area (Å²) >= 11 is 0. The van der Waals surface area contributed by atoms with E-state index in [1.165, 1.54) is 6.07 Å². The molecule has 0 saturated heterocycles. The number of nitrogens with one attached hydrogen (secondary N) is 1. The minimum atomic E-state index is -3.79. The zero-order chi connectivity index (χ0) is 16.2. The summed E-state index contributed by atoms with van der Waals surface area (Å²) in [6.45, 7) is 2.55. The summed E-state index contributed by atoms with van der Waals surface area (Å²) in [6.07, 6.45) is 0.641. The first-order valence-electron chi connectivity index (χ1n) is 6.34. The Balaban J connectivity index is 2.97. The van der Waals surface area contributed by atoms with Gasteiger partial charge in [0.05, 0.1) is 9.82 Å². The fourth-order valence-electron chi connectivity index (χ4n) is 1.83. The standard InChI is InChI=1S/C12H20N4O4S/c1-9-7-10(13)11(16(17)18)8-12(9)21(19,20)14-5-4-6-15(2)3/h7-8,14H,4-6,13H2,1-3H3. The van der Waals surface area contributed by atoms with E-state index >= 15 is 0 Å². The van der Waals surface area contributed by atoms with Crippen molar-refractivity contribution in [1.29, 1.82) is 0 Å². The molecule has 0 bridgehead atoms. The molecule has 0 aromatic heterocycles. The summed E-state index contributed by atoms with van der Waals surface area (Å²) in [4.78, 5) is 12.0. The normalized spacial score (nSPS) is 11.8. The Morgan fingerprint density at radius 2 is 2.00 bits per heavy atom. The van der Waals surface area contributed by atoms with Crippen LogP contribution in [-0.4, -0.2) is 45.4 Å². The molecule has 0 radical (unpaired) electrons. The molecule has 3 N–H and O–H groups in total. The van der Waals surface area contributed by atoms with Gasteiger partial charge in [-0.1, -0.05) is 0 Å². The predicted molar refractivity (Wildman–Crippen MR) is 80.6 cm³/mol. The zero-order valence-corrected chi connectivity index (χ0v) is 13.1. The monoisotopic (exact) mass is 316 g/mol. The van der Waals surface area contributed by atoms with Crippen molar-refractivity contribution < 1.29 is 13.3 Å². The molecule has 0 atom stereocenters. The summed E-state index contributed by atoms with van der Waals surface area (Å²) in [5.74, 6) is 0. The second-order valence-electron chi connectivity index (χ2n) is 4.99.